The first-order valence-corrected chi connectivity index (χ1v) is 9.16. The number of carbonyl (C=O) groups excluding carboxylic acids is 1. The highest BCUT2D eigenvalue weighted by atomic mass is 35.5. The van der Waals surface area contributed by atoms with Crippen molar-refractivity contribution in [1.29, 1.82) is 0 Å². The van der Waals surface area contributed by atoms with Crippen LogP contribution in [0.4, 0.5) is 5.82 Å². The summed E-state index contributed by atoms with van der Waals surface area (Å²) in [4.78, 5) is 16.2. The lowest BCUT2D eigenvalue weighted by Crippen LogP contribution is -2.28. The maximum absolute atomic E-state index is 12.1. The largest absolute Gasteiger partial charge is 0.310 e. The second-order valence-electron chi connectivity index (χ2n) is 5.08. The smallest absolute Gasteiger partial charge is 0.240 e. The second-order valence-corrected chi connectivity index (χ2v) is 7.29. The Morgan fingerprint density at radius 3 is 2.84 bits per heavy atom. The molecule has 3 rings (SSSR count). The lowest BCUT2D eigenvalue weighted by Gasteiger charge is -2.08. The van der Waals surface area contributed by atoms with E-state index in [1.54, 1.807) is 36.7 Å². The van der Waals surface area contributed by atoms with Gasteiger partial charge in [0.05, 0.1) is 11.1 Å². The van der Waals surface area contributed by atoms with Crippen molar-refractivity contribution in [3.63, 3.8) is 0 Å². The van der Waals surface area contributed by atoms with Gasteiger partial charge in [-0.25, -0.2) is 18.1 Å². The van der Waals surface area contributed by atoms with Crippen LogP contribution in [0, 0.1) is 0 Å². The maximum atomic E-state index is 12.1. The van der Waals surface area contributed by atoms with Crippen LogP contribution < -0.4 is 10.0 Å². The summed E-state index contributed by atoms with van der Waals surface area (Å²) in [5.41, 5.74) is 0.597. The van der Waals surface area contributed by atoms with Crippen molar-refractivity contribution in [2.24, 2.45) is 0 Å². The number of fused-ring (bicyclic) bond motifs is 1. The zero-order valence-corrected chi connectivity index (χ0v) is 14.5. The lowest BCUT2D eigenvalue weighted by atomic mass is 10.4. The van der Waals surface area contributed by atoms with E-state index in [9.17, 15) is 13.2 Å². The Morgan fingerprint density at radius 2 is 2.04 bits per heavy atom. The molecule has 10 heteroatoms. The van der Waals surface area contributed by atoms with Crippen LogP contribution >= 0.6 is 11.6 Å². The lowest BCUT2D eigenvalue weighted by molar-refractivity contribution is -0.116. The third-order valence-electron chi connectivity index (χ3n) is 3.31. The summed E-state index contributed by atoms with van der Waals surface area (Å²) >= 11 is 5.79. The molecule has 25 heavy (non-hydrogen) atoms. The summed E-state index contributed by atoms with van der Waals surface area (Å²) in [5.74, 6) is 0.106. The van der Waals surface area contributed by atoms with E-state index in [-0.39, 0.29) is 23.8 Å². The highest BCUT2D eigenvalue weighted by Gasteiger charge is 2.15. The molecule has 0 aliphatic rings. The van der Waals surface area contributed by atoms with Crippen molar-refractivity contribution in [2.45, 2.75) is 11.3 Å². The van der Waals surface area contributed by atoms with Crippen molar-refractivity contribution < 1.29 is 13.2 Å². The molecule has 0 saturated heterocycles. The van der Waals surface area contributed by atoms with Crippen molar-refractivity contribution in [3.05, 3.63) is 53.8 Å². The molecule has 2 aromatic heterocycles. The van der Waals surface area contributed by atoms with Gasteiger partial charge in [0.25, 0.3) is 0 Å². The molecular weight excluding hydrogens is 366 g/mol. The Hall–Kier alpha value is -2.49. The summed E-state index contributed by atoms with van der Waals surface area (Å²) in [6.45, 7) is -0.0476. The number of anilines is 1. The molecule has 0 aliphatic heterocycles. The van der Waals surface area contributed by atoms with Crippen LogP contribution in [0.5, 0.6) is 0 Å². The minimum absolute atomic E-state index is 0.0368. The van der Waals surface area contributed by atoms with Gasteiger partial charge in [-0.1, -0.05) is 17.7 Å². The van der Waals surface area contributed by atoms with E-state index in [0.29, 0.717) is 16.5 Å². The number of halogens is 1. The molecule has 0 unspecified atom stereocenters. The molecule has 2 heterocycles. The average molecular weight is 380 g/mol. The number of benzene rings is 1. The highest BCUT2D eigenvalue weighted by molar-refractivity contribution is 7.89. The zero-order chi connectivity index (χ0) is 17.9. The molecule has 0 atom stereocenters. The molecule has 0 fully saturated rings. The fourth-order valence-corrected chi connectivity index (χ4v) is 3.48. The molecule has 130 valence electrons. The SMILES string of the molecule is O=C(CCNS(=O)(=O)c1cccc(Cl)c1)Nc1ccnc2ccnn12. The third-order valence-corrected chi connectivity index (χ3v) is 5.00. The molecule has 1 amide bonds. The third kappa shape index (κ3) is 4.13. The average Bonchev–Trinajstić information content (AvgIpc) is 3.04. The molecule has 1 aromatic carbocycles. The van der Waals surface area contributed by atoms with E-state index in [2.05, 4.69) is 20.1 Å². The highest BCUT2D eigenvalue weighted by Crippen LogP contribution is 2.15. The Bertz CT molecular complexity index is 1020. The van der Waals surface area contributed by atoms with E-state index >= 15 is 0 Å². The van der Waals surface area contributed by atoms with Gasteiger partial charge in [-0.05, 0) is 24.3 Å². The minimum Gasteiger partial charge on any atom is -0.310 e. The summed E-state index contributed by atoms with van der Waals surface area (Å²) in [7, 11) is -3.72. The van der Waals surface area contributed by atoms with E-state index in [1.165, 1.54) is 16.6 Å². The van der Waals surface area contributed by atoms with Crippen molar-refractivity contribution in [1.82, 2.24) is 19.3 Å². The van der Waals surface area contributed by atoms with E-state index in [0.717, 1.165) is 0 Å². The molecule has 0 spiro atoms. The Morgan fingerprint density at radius 1 is 1.20 bits per heavy atom. The van der Waals surface area contributed by atoms with Gasteiger partial charge in [-0.15, -0.1) is 0 Å². The van der Waals surface area contributed by atoms with Gasteiger partial charge in [0.2, 0.25) is 15.9 Å². The number of hydrogen-bond donors (Lipinski definition) is 2. The quantitative estimate of drug-likeness (QED) is 0.678. The molecule has 0 aliphatic carbocycles. The van der Waals surface area contributed by atoms with Gasteiger partial charge in [0.15, 0.2) is 5.65 Å². The topological polar surface area (TPSA) is 105 Å². The molecule has 0 bridgehead atoms. The first-order chi connectivity index (χ1) is 12.0. The summed E-state index contributed by atoms with van der Waals surface area (Å²) in [6, 6.07) is 9.21. The van der Waals surface area contributed by atoms with Crippen molar-refractivity contribution in [2.75, 3.05) is 11.9 Å². The van der Waals surface area contributed by atoms with Crippen LogP contribution in [-0.4, -0.2) is 35.5 Å². The van der Waals surface area contributed by atoms with Gasteiger partial charge < -0.3 is 5.32 Å². The molecule has 2 N–H and O–H groups in total. The van der Waals surface area contributed by atoms with Crippen molar-refractivity contribution in [3.8, 4) is 0 Å². The monoisotopic (exact) mass is 379 g/mol. The molecule has 0 saturated carbocycles. The number of nitrogens with one attached hydrogen (secondary N) is 2. The number of carbonyl (C=O) groups is 1. The fraction of sp³-hybridized carbons (Fsp3) is 0.133. The van der Waals surface area contributed by atoms with Gasteiger partial charge in [-0.3, -0.25) is 4.79 Å². The molecule has 3 aromatic rings. The molecule has 8 nitrogen and oxygen atoms in total. The molecule has 0 radical (unpaired) electrons. The molecular formula is C15H14ClN5O3S. The van der Waals surface area contributed by atoms with Crippen LogP contribution in [0.3, 0.4) is 0 Å². The number of hydrogen-bond acceptors (Lipinski definition) is 5. The Balaban J connectivity index is 1.58. The number of amides is 1. The van der Waals surface area contributed by atoms with Gasteiger partial charge in [0.1, 0.15) is 5.82 Å². The van der Waals surface area contributed by atoms with Crippen molar-refractivity contribution >= 4 is 39.0 Å². The Kier molecular flexibility index (Phi) is 4.98. The van der Waals surface area contributed by atoms with Crippen LogP contribution in [-0.2, 0) is 14.8 Å². The van der Waals surface area contributed by atoms with Gasteiger partial charge in [0, 0.05) is 30.3 Å². The van der Waals surface area contributed by atoms with E-state index in [4.69, 9.17) is 11.6 Å². The van der Waals surface area contributed by atoms with Crippen LogP contribution in [0.15, 0.2) is 53.7 Å². The summed E-state index contributed by atoms with van der Waals surface area (Å²) < 4.78 is 28.1. The predicted molar refractivity (Wildman–Crippen MR) is 92.9 cm³/mol. The Labute approximate surface area is 148 Å². The van der Waals surface area contributed by atoms with Crippen LogP contribution in [0.2, 0.25) is 5.02 Å². The van der Waals surface area contributed by atoms with E-state index in [1.807, 2.05) is 0 Å². The van der Waals surface area contributed by atoms with Gasteiger partial charge >= 0.3 is 0 Å². The minimum atomic E-state index is -3.72. The maximum Gasteiger partial charge on any atom is 0.240 e. The summed E-state index contributed by atoms with van der Waals surface area (Å²) in [5, 5.41) is 7.05. The number of aromatic nitrogens is 3. The predicted octanol–water partition coefficient (Wildman–Crippen LogP) is 1.69. The number of rotatable bonds is 6. The second kappa shape index (κ2) is 7.18. The standard InChI is InChI=1S/C15H14ClN5O3S/c16-11-2-1-3-12(10-11)25(23,24)19-9-6-15(22)20-14-4-7-17-13-5-8-18-21(13)14/h1-5,7-8,10,19H,6,9H2,(H,20,22). The first kappa shape index (κ1) is 17.3. The first-order valence-electron chi connectivity index (χ1n) is 7.29. The van der Waals surface area contributed by atoms with Crippen LogP contribution in [0.1, 0.15) is 6.42 Å². The van der Waals surface area contributed by atoms with E-state index < -0.39 is 10.0 Å². The summed E-state index contributed by atoms with van der Waals surface area (Å²) in [6.07, 6.45) is 3.08. The zero-order valence-electron chi connectivity index (χ0n) is 12.9. The van der Waals surface area contributed by atoms with Crippen LogP contribution in [0.25, 0.3) is 5.65 Å². The number of sulfonamides is 1. The number of nitrogens with zero attached hydrogens (tertiary/aromatic N) is 3. The van der Waals surface area contributed by atoms with Gasteiger partial charge in [-0.2, -0.15) is 9.61 Å². The normalized spacial score (nSPS) is 11.6. The fourth-order valence-electron chi connectivity index (χ4n) is 2.15.